The minimum Gasteiger partial charge on any atom is -0.399 e. The van der Waals surface area contributed by atoms with Gasteiger partial charge in [-0.25, -0.2) is 0 Å². The van der Waals surface area contributed by atoms with Crippen molar-refractivity contribution in [2.45, 2.75) is 51.6 Å². The molecule has 100 valence electrons. The van der Waals surface area contributed by atoms with E-state index in [1.807, 2.05) is 12.1 Å². The van der Waals surface area contributed by atoms with Crippen molar-refractivity contribution in [1.82, 2.24) is 4.90 Å². The third-order valence-electron chi connectivity index (χ3n) is 4.37. The fourth-order valence-corrected chi connectivity index (χ4v) is 3.27. The Morgan fingerprint density at radius 2 is 1.83 bits per heavy atom. The maximum atomic E-state index is 5.73. The molecule has 0 aromatic heterocycles. The average Bonchev–Trinajstić information content (AvgIpc) is 2.41. The summed E-state index contributed by atoms with van der Waals surface area (Å²) in [5, 5.41) is 0. The van der Waals surface area contributed by atoms with E-state index >= 15 is 0 Å². The number of benzene rings is 1. The Bertz CT molecular complexity index is 358. The van der Waals surface area contributed by atoms with Crippen LogP contribution in [-0.4, -0.2) is 18.0 Å². The third-order valence-corrected chi connectivity index (χ3v) is 4.37. The maximum Gasteiger partial charge on any atom is 0.0314 e. The van der Waals surface area contributed by atoms with Gasteiger partial charge in [0.05, 0.1) is 0 Å². The van der Waals surface area contributed by atoms with Crippen molar-refractivity contribution in [3.05, 3.63) is 29.8 Å². The van der Waals surface area contributed by atoms with Gasteiger partial charge in [0.2, 0.25) is 0 Å². The van der Waals surface area contributed by atoms with Gasteiger partial charge in [-0.3, -0.25) is 4.90 Å². The number of rotatable bonds is 4. The van der Waals surface area contributed by atoms with Crippen molar-refractivity contribution in [2.24, 2.45) is 5.92 Å². The second kappa shape index (κ2) is 6.24. The van der Waals surface area contributed by atoms with Crippen LogP contribution in [0.15, 0.2) is 24.3 Å². The van der Waals surface area contributed by atoms with Crippen molar-refractivity contribution < 1.29 is 0 Å². The molecular weight excluding hydrogens is 220 g/mol. The molecule has 1 aliphatic carbocycles. The topological polar surface area (TPSA) is 29.3 Å². The van der Waals surface area contributed by atoms with Crippen molar-refractivity contribution in [1.29, 1.82) is 0 Å². The minimum absolute atomic E-state index is 0.765. The Hall–Kier alpha value is -1.02. The Balaban J connectivity index is 1.97. The number of hydrogen-bond donors (Lipinski definition) is 1. The summed E-state index contributed by atoms with van der Waals surface area (Å²) in [4.78, 5) is 2.54. The smallest absolute Gasteiger partial charge is 0.0314 e. The second-order valence-corrected chi connectivity index (χ2v) is 5.68. The van der Waals surface area contributed by atoms with Crippen LogP contribution in [0.1, 0.15) is 44.6 Å². The molecule has 1 aliphatic rings. The first kappa shape index (κ1) is 13.4. The lowest BCUT2D eigenvalue weighted by molar-refractivity contribution is 0.120. The van der Waals surface area contributed by atoms with Crippen LogP contribution < -0.4 is 5.73 Å². The van der Waals surface area contributed by atoms with E-state index in [4.69, 9.17) is 5.73 Å². The number of nitrogens with zero attached hydrogens (tertiary/aromatic N) is 1. The van der Waals surface area contributed by atoms with Crippen LogP contribution in [-0.2, 0) is 6.54 Å². The van der Waals surface area contributed by atoms with Gasteiger partial charge in [-0.15, -0.1) is 0 Å². The number of anilines is 1. The lowest BCUT2D eigenvalue weighted by Crippen LogP contribution is -2.39. The summed E-state index contributed by atoms with van der Waals surface area (Å²) in [5.74, 6) is 0.887. The van der Waals surface area contributed by atoms with Crippen LogP contribution in [0.3, 0.4) is 0 Å². The van der Waals surface area contributed by atoms with E-state index in [2.05, 4.69) is 31.0 Å². The number of hydrogen-bond acceptors (Lipinski definition) is 2. The summed E-state index contributed by atoms with van der Waals surface area (Å²) >= 11 is 0. The van der Waals surface area contributed by atoms with E-state index in [0.29, 0.717) is 0 Å². The molecule has 2 unspecified atom stereocenters. The van der Waals surface area contributed by atoms with Gasteiger partial charge in [0.25, 0.3) is 0 Å². The molecule has 2 atom stereocenters. The van der Waals surface area contributed by atoms with Gasteiger partial charge in [-0.1, -0.05) is 38.3 Å². The molecule has 1 aromatic carbocycles. The van der Waals surface area contributed by atoms with Crippen molar-refractivity contribution >= 4 is 5.69 Å². The molecule has 2 rings (SSSR count). The third kappa shape index (κ3) is 3.26. The van der Waals surface area contributed by atoms with Gasteiger partial charge < -0.3 is 5.73 Å². The zero-order valence-electron chi connectivity index (χ0n) is 11.7. The van der Waals surface area contributed by atoms with Gasteiger partial charge in [-0.05, 0) is 43.5 Å². The predicted octanol–water partition coefficient (Wildman–Crippen LogP) is 3.67. The fourth-order valence-electron chi connectivity index (χ4n) is 3.27. The first-order valence-electron chi connectivity index (χ1n) is 7.25. The lowest BCUT2D eigenvalue weighted by Gasteiger charge is -2.37. The van der Waals surface area contributed by atoms with E-state index in [9.17, 15) is 0 Å². The minimum atomic E-state index is 0.765. The highest BCUT2D eigenvalue weighted by Gasteiger charge is 2.26. The SMILES string of the molecule is CCC1CCCCC1N(C)Cc1ccc(N)cc1. The summed E-state index contributed by atoms with van der Waals surface area (Å²) in [5.41, 5.74) is 7.95. The molecule has 0 aliphatic heterocycles. The summed E-state index contributed by atoms with van der Waals surface area (Å²) in [6.45, 7) is 3.38. The van der Waals surface area contributed by atoms with Crippen molar-refractivity contribution in [3.8, 4) is 0 Å². The monoisotopic (exact) mass is 246 g/mol. The molecule has 2 heteroatoms. The summed E-state index contributed by atoms with van der Waals surface area (Å²) < 4.78 is 0. The van der Waals surface area contributed by atoms with Gasteiger partial charge in [0, 0.05) is 18.3 Å². The molecule has 0 bridgehead atoms. The highest BCUT2D eigenvalue weighted by Crippen LogP contribution is 2.30. The standard InChI is InChI=1S/C16H26N2/c1-3-14-6-4-5-7-16(14)18(2)12-13-8-10-15(17)11-9-13/h8-11,14,16H,3-7,12,17H2,1-2H3. The predicted molar refractivity (Wildman–Crippen MR) is 78.4 cm³/mol. The van der Waals surface area contributed by atoms with Gasteiger partial charge in [0.1, 0.15) is 0 Å². The van der Waals surface area contributed by atoms with Crippen LogP contribution in [0.2, 0.25) is 0 Å². The first-order chi connectivity index (χ1) is 8.70. The molecule has 2 nitrogen and oxygen atoms in total. The Morgan fingerprint density at radius 3 is 2.50 bits per heavy atom. The van der Waals surface area contributed by atoms with Crippen LogP contribution in [0.4, 0.5) is 5.69 Å². The lowest BCUT2D eigenvalue weighted by atomic mass is 9.82. The number of nitrogen functional groups attached to an aromatic ring is 1. The summed E-state index contributed by atoms with van der Waals surface area (Å²) in [7, 11) is 2.27. The fraction of sp³-hybridized carbons (Fsp3) is 0.625. The molecule has 0 spiro atoms. The number of nitrogens with two attached hydrogens (primary N) is 1. The quantitative estimate of drug-likeness (QED) is 0.821. The zero-order chi connectivity index (χ0) is 13.0. The average molecular weight is 246 g/mol. The highest BCUT2D eigenvalue weighted by atomic mass is 15.1. The summed E-state index contributed by atoms with van der Waals surface area (Å²) in [6.07, 6.45) is 6.91. The maximum absolute atomic E-state index is 5.73. The Morgan fingerprint density at radius 1 is 1.17 bits per heavy atom. The van der Waals surface area contributed by atoms with Crippen molar-refractivity contribution in [3.63, 3.8) is 0 Å². The molecule has 0 saturated heterocycles. The molecule has 1 aromatic rings. The normalized spacial score (nSPS) is 24.4. The van der Waals surface area contributed by atoms with Crippen LogP contribution >= 0.6 is 0 Å². The molecule has 2 N–H and O–H groups in total. The zero-order valence-corrected chi connectivity index (χ0v) is 11.7. The van der Waals surface area contributed by atoms with E-state index in [1.54, 1.807) is 0 Å². The summed E-state index contributed by atoms with van der Waals surface area (Å²) in [6, 6.07) is 9.06. The molecule has 18 heavy (non-hydrogen) atoms. The Labute approximate surface area is 111 Å². The highest BCUT2D eigenvalue weighted by molar-refractivity contribution is 5.39. The molecule has 1 saturated carbocycles. The molecular formula is C16H26N2. The molecule has 1 fully saturated rings. The van der Waals surface area contributed by atoms with E-state index in [0.717, 1.165) is 24.2 Å². The van der Waals surface area contributed by atoms with Crippen LogP contribution in [0, 0.1) is 5.92 Å². The van der Waals surface area contributed by atoms with Gasteiger partial charge >= 0.3 is 0 Å². The Kier molecular flexibility index (Phi) is 4.65. The van der Waals surface area contributed by atoms with Gasteiger partial charge in [0.15, 0.2) is 0 Å². The van der Waals surface area contributed by atoms with Gasteiger partial charge in [-0.2, -0.15) is 0 Å². The van der Waals surface area contributed by atoms with Crippen LogP contribution in [0.25, 0.3) is 0 Å². The van der Waals surface area contributed by atoms with E-state index < -0.39 is 0 Å². The molecule has 0 amide bonds. The second-order valence-electron chi connectivity index (χ2n) is 5.68. The largest absolute Gasteiger partial charge is 0.399 e. The molecule has 0 heterocycles. The molecule has 0 radical (unpaired) electrons. The van der Waals surface area contributed by atoms with Crippen LogP contribution in [0.5, 0.6) is 0 Å². The van der Waals surface area contributed by atoms with E-state index in [1.165, 1.54) is 37.7 Å². The first-order valence-corrected chi connectivity index (χ1v) is 7.25. The van der Waals surface area contributed by atoms with E-state index in [-0.39, 0.29) is 0 Å². The van der Waals surface area contributed by atoms with Crippen molar-refractivity contribution in [2.75, 3.05) is 12.8 Å².